The van der Waals surface area contributed by atoms with E-state index < -0.39 is 11.9 Å². The predicted octanol–water partition coefficient (Wildman–Crippen LogP) is 3.43. The molecule has 0 saturated heterocycles. The molecule has 0 fully saturated rings. The number of hydrogen-bond acceptors (Lipinski definition) is 4. The second kappa shape index (κ2) is 7.89. The van der Waals surface area contributed by atoms with E-state index >= 15 is 0 Å². The van der Waals surface area contributed by atoms with E-state index in [4.69, 9.17) is 16.6 Å². The van der Waals surface area contributed by atoms with E-state index in [1.165, 1.54) is 0 Å². The molecule has 0 aliphatic rings. The summed E-state index contributed by atoms with van der Waals surface area (Å²) in [5.74, 6) is -1.22. The Morgan fingerprint density at radius 3 is 2.34 bits per heavy atom. The van der Waals surface area contributed by atoms with Gasteiger partial charge in [-0.3, -0.25) is 4.79 Å². The fraction of sp³-hybridized carbons (Fsp3) is 0.0952. The van der Waals surface area contributed by atoms with Crippen LogP contribution in [-0.4, -0.2) is 31.7 Å². The van der Waals surface area contributed by atoms with Gasteiger partial charge in [0.15, 0.2) is 5.69 Å². The third-order valence-corrected chi connectivity index (χ3v) is 4.27. The fourth-order valence-corrected chi connectivity index (χ4v) is 3.01. The molecule has 0 bridgehead atoms. The van der Waals surface area contributed by atoms with Crippen molar-refractivity contribution in [2.45, 2.75) is 13.8 Å². The maximum absolute atomic E-state index is 11.7. The van der Waals surface area contributed by atoms with Crippen LogP contribution >= 0.6 is 0 Å². The minimum absolute atomic E-state index is 0.109. The van der Waals surface area contributed by atoms with Crippen LogP contribution in [0.5, 0.6) is 0 Å². The van der Waals surface area contributed by atoms with Crippen molar-refractivity contribution in [2.24, 2.45) is 5.73 Å². The first-order valence-electron chi connectivity index (χ1n) is 9.05. The lowest BCUT2D eigenvalue weighted by atomic mass is 10.0. The zero-order valence-corrected chi connectivity index (χ0v) is 16.0. The SMILES string of the molecule is CC.NC(=O)c1nn(-c2cccc(-c3ccc(C(=O)O)cc3)c2)c2cc(N)[nH]c12. The van der Waals surface area contributed by atoms with Gasteiger partial charge < -0.3 is 21.6 Å². The van der Waals surface area contributed by atoms with Gasteiger partial charge in [-0.05, 0) is 35.4 Å². The Morgan fingerprint density at radius 1 is 1.03 bits per heavy atom. The number of carboxylic acids is 1. The number of nitrogens with two attached hydrogens (primary N) is 2. The Bertz CT molecular complexity index is 1190. The van der Waals surface area contributed by atoms with Crippen LogP contribution < -0.4 is 11.5 Å². The lowest BCUT2D eigenvalue weighted by Crippen LogP contribution is -2.13. The van der Waals surface area contributed by atoms with E-state index in [9.17, 15) is 9.59 Å². The summed E-state index contributed by atoms with van der Waals surface area (Å²) >= 11 is 0. The molecule has 6 N–H and O–H groups in total. The summed E-state index contributed by atoms with van der Waals surface area (Å²) in [6.07, 6.45) is 0. The number of fused-ring (bicyclic) bond motifs is 1. The number of anilines is 1. The topological polar surface area (TPSA) is 140 Å². The summed E-state index contributed by atoms with van der Waals surface area (Å²) in [5.41, 5.74) is 15.1. The molecule has 0 aliphatic heterocycles. The van der Waals surface area contributed by atoms with Gasteiger partial charge in [-0.2, -0.15) is 5.10 Å². The highest BCUT2D eigenvalue weighted by Gasteiger charge is 2.18. The molecular weight excluding hydrogens is 370 g/mol. The lowest BCUT2D eigenvalue weighted by molar-refractivity contribution is 0.0696. The molecule has 2 aromatic heterocycles. The average molecular weight is 391 g/mol. The third-order valence-electron chi connectivity index (χ3n) is 4.27. The van der Waals surface area contributed by atoms with Crippen molar-refractivity contribution in [3.63, 3.8) is 0 Å². The Labute approximate surface area is 166 Å². The van der Waals surface area contributed by atoms with E-state index in [2.05, 4.69) is 10.1 Å². The van der Waals surface area contributed by atoms with Crippen molar-refractivity contribution in [1.29, 1.82) is 0 Å². The number of benzene rings is 2. The van der Waals surface area contributed by atoms with Gasteiger partial charge in [0.05, 0.1) is 22.3 Å². The van der Waals surface area contributed by atoms with Crippen molar-refractivity contribution >= 4 is 28.7 Å². The molecule has 0 atom stereocenters. The molecular formula is C21H21N5O3. The summed E-state index contributed by atoms with van der Waals surface area (Å²) < 4.78 is 1.59. The van der Waals surface area contributed by atoms with Crippen LogP contribution in [0.3, 0.4) is 0 Å². The van der Waals surface area contributed by atoms with Crippen LogP contribution in [-0.2, 0) is 0 Å². The van der Waals surface area contributed by atoms with Crippen molar-refractivity contribution < 1.29 is 14.7 Å². The zero-order chi connectivity index (χ0) is 21.1. The summed E-state index contributed by atoms with van der Waals surface area (Å²) in [7, 11) is 0. The van der Waals surface area contributed by atoms with Crippen LogP contribution in [0.25, 0.3) is 27.8 Å². The molecule has 1 amide bonds. The molecule has 29 heavy (non-hydrogen) atoms. The summed E-state index contributed by atoms with van der Waals surface area (Å²) in [4.78, 5) is 25.6. The number of carboxylic acid groups (broad SMARTS) is 1. The van der Waals surface area contributed by atoms with Crippen molar-refractivity contribution in [3.05, 3.63) is 65.9 Å². The number of aromatic nitrogens is 3. The van der Waals surface area contributed by atoms with Gasteiger partial charge in [-0.15, -0.1) is 0 Å². The molecule has 0 saturated carbocycles. The Kier molecular flexibility index (Phi) is 5.36. The summed E-state index contributed by atoms with van der Waals surface area (Å²) in [5, 5.41) is 13.3. The number of nitrogens with one attached hydrogen (secondary N) is 1. The number of aromatic amines is 1. The Hall–Kier alpha value is -4.07. The van der Waals surface area contributed by atoms with Gasteiger partial charge in [0.2, 0.25) is 0 Å². The number of hydrogen-bond donors (Lipinski definition) is 4. The molecule has 2 heterocycles. The van der Waals surface area contributed by atoms with Crippen LogP contribution in [0, 0.1) is 0 Å². The number of H-pyrrole nitrogens is 1. The van der Waals surface area contributed by atoms with Gasteiger partial charge in [0.25, 0.3) is 5.91 Å². The van der Waals surface area contributed by atoms with E-state index in [1.54, 1.807) is 35.0 Å². The number of aromatic carboxylic acids is 1. The summed E-state index contributed by atoms with van der Waals surface area (Å²) in [6.45, 7) is 4.00. The van der Waals surface area contributed by atoms with Gasteiger partial charge in [0, 0.05) is 6.07 Å². The molecule has 8 nitrogen and oxygen atoms in total. The van der Waals surface area contributed by atoms with Crippen LogP contribution in [0.15, 0.2) is 54.6 Å². The minimum Gasteiger partial charge on any atom is -0.478 e. The molecule has 8 heteroatoms. The quantitative estimate of drug-likeness (QED) is 0.422. The fourth-order valence-electron chi connectivity index (χ4n) is 3.01. The molecule has 148 valence electrons. The molecule has 0 spiro atoms. The van der Waals surface area contributed by atoms with Crippen molar-refractivity contribution in [2.75, 3.05) is 5.73 Å². The predicted molar refractivity (Wildman–Crippen MR) is 112 cm³/mol. The first-order chi connectivity index (χ1) is 13.9. The van der Waals surface area contributed by atoms with Gasteiger partial charge in [0.1, 0.15) is 5.82 Å². The van der Waals surface area contributed by atoms with E-state index in [0.717, 1.165) is 11.1 Å². The number of carbonyl (C=O) groups is 2. The van der Waals surface area contributed by atoms with E-state index in [1.807, 2.05) is 38.1 Å². The minimum atomic E-state index is -0.974. The third kappa shape index (κ3) is 3.68. The molecule has 0 unspecified atom stereocenters. The monoisotopic (exact) mass is 391 g/mol. The summed E-state index contributed by atoms with van der Waals surface area (Å²) in [6, 6.07) is 15.7. The van der Waals surface area contributed by atoms with E-state index in [0.29, 0.717) is 22.5 Å². The highest BCUT2D eigenvalue weighted by molar-refractivity contribution is 6.04. The van der Waals surface area contributed by atoms with Gasteiger partial charge in [-0.25, -0.2) is 9.48 Å². The van der Waals surface area contributed by atoms with Crippen LogP contribution in [0.4, 0.5) is 5.82 Å². The first kappa shape index (κ1) is 19.7. The number of rotatable bonds is 4. The lowest BCUT2D eigenvalue weighted by Gasteiger charge is -2.07. The number of primary amides is 1. The normalized spacial score (nSPS) is 10.4. The van der Waals surface area contributed by atoms with Gasteiger partial charge in [-0.1, -0.05) is 38.1 Å². The smallest absolute Gasteiger partial charge is 0.335 e. The van der Waals surface area contributed by atoms with E-state index in [-0.39, 0.29) is 11.3 Å². The number of nitrogen functional groups attached to an aromatic ring is 1. The highest BCUT2D eigenvalue weighted by atomic mass is 16.4. The molecule has 0 radical (unpaired) electrons. The highest BCUT2D eigenvalue weighted by Crippen LogP contribution is 2.27. The molecule has 4 rings (SSSR count). The second-order valence-corrected chi connectivity index (χ2v) is 6.04. The molecule has 2 aromatic carbocycles. The van der Waals surface area contributed by atoms with Crippen LogP contribution in [0.2, 0.25) is 0 Å². The van der Waals surface area contributed by atoms with Crippen molar-refractivity contribution in [1.82, 2.24) is 14.8 Å². The molecule has 4 aromatic rings. The number of nitrogens with zero attached hydrogens (tertiary/aromatic N) is 2. The Morgan fingerprint density at radius 2 is 1.72 bits per heavy atom. The second-order valence-electron chi connectivity index (χ2n) is 6.04. The average Bonchev–Trinajstić information content (AvgIpc) is 3.27. The Balaban J connectivity index is 0.00000117. The van der Waals surface area contributed by atoms with Crippen molar-refractivity contribution in [3.8, 4) is 16.8 Å². The number of amides is 1. The maximum atomic E-state index is 11.7. The van der Waals surface area contributed by atoms with Crippen LogP contribution in [0.1, 0.15) is 34.7 Å². The standard InChI is InChI=1S/C19H15N5O3.C2H6/c20-15-9-14-16(22-15)17(18(21)25)23-24(14)13-3-1-2-12(8-13)10-4-6-11(7-5-10)19(26)27;1-2/h1-9,22H,20H2,(H2,21,25)(H,26,27);1-2H3. The molecule has 0 aliphatic carbocycles. The maximum Gasteiger partial charge on any atom is 0.335 e. The number of carbonyl (C=O) groups excluding carboxylic acids is 1. The largest absolute Gasteiger partial charge is 0.478 e. The zero-order valence-electron chi connectivity index (χ0n) is 16.0. The first-order valence-corrected chi connectivity index (χ1v) is 9.05. The van der Waals surface area contributed by atoms with Gasteiger partial charge >= 0.3 is 5.97 Å².